The van der Waals surface area contributed by atoms with Crippen LogP contribution in [0.5, 0.6) is 0 Å². The number of ether oxygens (including phenoxy) is 1. The first kappa shape index (κ1) is 21.7. The van der Waals surface area contributed by atoms with Crippen LogP contribution in [0, 0.1) is 0 Å². The fourth-order valence-corrected chi connectivity index (χ4v) is 3.37. The van der Waals surface area contributed by atoms with Crippen molar-refractivity contribution in [2.75, 3.05) is 19.7 Å². The Morgan fingerprint density at radius 2 is 2.18 bits per heavy atom. The highest BCUT2D eigenvalue weighted by Crippen LogP contribution is 2.25. The third-order valence-corrected chi connectivity index (χ3v) is 4.90. The number of carbonyl (C=O) groups excluding carboxylic acids is 1. The van der Waals surface area contributed by atoms with Gasteiger partial charge in [-0.3, -0.25) is 4.79 Å². The minimum absolute atomic E-state index is 0.0230. The first-order valence-corrected chi connectivity index (χ1v) is 10.3. The van der Waals surface area contributed by atoms with E-state index in [0.717, 1.165) is 56.6 Å². The summed E-state index contributed by atoms with van der Waals surface area (Å²) in [6, 6.07) is 0. The predicted molar refractivity (Wildman–Crippen MR) is 116 cm³/mol. The summed E-state index contributed by atoms with van der Waals surface area (Å²) in [5.41, 5.74) is 6.54. The summed E-state index contributed by atoms with van der Waals surface area (Å²) in [5, 5.41) is 0. The van der Waals surface area contributed by atoms with Crippen LogP contribution in [0.4, 0.5) is 0 Å². The molecule has 150 valence electrons. The van der Waals surface area contributed by atoms with Crippen LogP contribution in [0.1, 0.15) is 52.4 Å². The zero-order valence-corrected chi connectivity index (χ0v) is 17.3. The maximum atomic E-state index is 12.0. The van der Waals surface area contributed by atoms with Crippen molar-refractivity contribution in [2.24, 2.45) is 4.99 Å². The maximum absolute atomic E-state index is 12.0. The lowest BCUT2D eigenvalue weighted by atomic mass is 9.99. The number of hydrogen-bond donors (Lipinski definition) is 0. The van der Waals surface area contributed by atoms with Crippen LogP contribution < -0.4 is 0 Å². The van der Waals surface area contributed by atoms with E-state index >= 15 is 0 Å². The van der Waals surface area contributed by atoms with Gasteiger partial charge in [-0.25, -0.2) is 0 Å². The van der Waals surface area contributed by atoms with Gasteiger partial charge in [-0.2, -0.15) is 4.99 Å². The Kier molecular flexibility index (Phi) is 8.77. The minimum atomic E-state index is 0.0230. The summed E-state index contributed by atoms with van der Waals surface area (Å²) in [6.45, 7) is 13.9. The van der Waals surface area contributed by atoms with Crippen molar-refractivity contribution < 1.29 is 9.53 Å². The van der Waals surface area contributed by atoms with Gasteiger partial charge < -0.3 is 9.64 Å². The van der Waals surface area contributed by atoms with Crippen molar-refractivity contribution in [3.8, 4) is 0 Å². The number of carbonyl (C=O) groups is 1. The van der Waals surface area contributed by atoms with Crippen LogP contribution in [0.3, 0.4) is 0 Å². The normalized spacial score (nSPS) is 17.2. The van der Waals surface area contributed by atoms with Gasteiger partial charge in [-0.05, 0) is 67.4 Å². The molecule has 0 aromatic rings. The van der Waals surface area contributed by atoms with Gasteiger partial charge in [0.1, 0.15) is 5.84 Å². The van der Waals surface area contributed by atoms with Gasteiger partial charge in [-0.1, -0.05) is 38.3 Å². The number of rotatable bonds is 9. The van der Waals surface area contributed by atoms with Crippen molar-refractivity contribution in [1.29, 1.82) is 0 Å². The zero-order chi connectivity index (χ0) is 20.4. The second-order valence-electron chi connectivity index (χ2n) is 6.89. The molecule has 2 aliphatic rings. The second kappa shape index (κ2) is 11.3. The summed E-state index contributed by atoms with van der Waals surface area (Å²) in [4.78, 5) is 19.2. The average Bonchev–Trinajstić information content (AvgIpc) is 3.06. The van der Waals surface area contributed by atoms with E-state index in [9.17, 15) is 4.79 Å². The van der Waals surface area contributed by atoms with Crippen LogP contribution >= 0.6 is 0 Å². The molecule has 0 spiro atoms. The zero-order valence-electron chi connectivity index (χ0n) is 17.3. The molecule has 28 heavy (non-hydrogen) atoms. The van der Waals surface area contributed by atoms with Gasteiger partial charge in [0, 0.05) is 13.1 Å². The molecule has 2 rings (SSSR count). The first-order valence-electron chi connectivity index (χ1n) is 10.3. The predicted octanol–water partition coefficient (Wildman–Crippen LogP) is 5.27. The molecule has 0 radical (unpaired) electrons. The summed E-state index contributed by atoms with van der Waals surface area (Å²) in [6.07, 6.45) is 12.5. The van der Waals surface area contributed by atoms with Crippen LogP contribution in [-0.2, 0) is 9.53 Å². The van der Waals surface area contributed by atoms with Crippen LogP contribution in [0.2, 0.25) is 0 Å². The Bertz CT molecular complexity index is 761. The monoisotopic (exact) mass is 380 g/mol. The van der Waals surface area contributed by atoms with E-state index in [4.69, 9.17) is 9.73 Å². The third-order valence-electron chi connectivity index (χ3n) is 4.90. The molecule has 0 atom stereocenters. The molecule has 4 nitrogen and oxygen atoms in total. The summed E-state index contributed by atoms with van der Waals surface area (Å²) < 4.78 is 5.82. The lowest BCUT2D eigenvalue weighted by Gasteiger charge is -2.27. The number of nitrogens with zero attached hydrogens (tertiary/aromatic N) is 2. The van der Waals surface area contributed by atoms with Gasteiger partial charge in [0.15, 0.2) is 5.78 Å². The molecule has 0 bridgehead atoms. The fourth-order valence-electron chi connectivity index (χ4n) is 3.37. The minimum Gasteiger partial charge on any atom is -0.472 e. The molecule has 0 saturated carbocycles. The van der Waals surface area contributed by atoms with Crippen molar-refractivity contribution >= 4 is 11.6 Å². The summed E-state index contributed by atoms with van der Waals surface area (Å²) >= 11 is 0. The van der Waals surface area contributed by atoms with Crippen molar-refractivity contribution in [3.63, 3.8) is 0 Å². The molecule has 0 aromatic heterocycles. The number of allylic oxidation sites excluding steroid dienone is 4. The Balaban J connectivity index is 2.35. The molecule has 0 N–H and O–H groups in total. The van der Waals surface area contributed by atoms with Crippen LogP contribution in [0.15, 0.2) is 70.8 Å². The smallest absolute Gasteiger partial charge is 0.261 e. The van der Waals surface area contributed by atoms with Crippen LogP contribution in [0.25, 0.3) is 0 Å². The molecular weight excluding hydrogens is 348 g/mol. The molecule has 0 amide bonds. The van der Waals surface area contributed by atoms with E-state index in [1.54, 1.807) is 0 Å². The van der Waals surface area contributed by atoms with Gasteiger partial charge in [0.05, 0.1) is 6.61 Å². The van der Waals surface area contributed by atoms with Gasteiger partial charge in [0.25, 0.3) is 5.88 Å². The van der Waals surface area contributed by atoms with E-state index in [0.29, 0.717) is 18.9 Å². The molecule has 2 heterocycles. The Morgan fingerprint density at radius 3 is 2.86 bits per heavy atom. The first-order chi connectivity index (χ1) is 13.6. The topological polar surface area (TPSA) is 41.9 Å². The number of amidine groups is 1. The average molecular weight is 381 g/mol. The van der Waals surface area contributed by atoms with E-state index < -0.39 is 0 Å². The fraction of sp³-hybridized carbons (Fsp3) is 0.458. The van der Waals surface area contributed by atoms with Gasteiger partial charge in [0.2, 0.25) is 0 Å². The van der Waals surface area contributed by atoms with Gasteiger partial charge >= 0.3 is 0 Å². The van der Waals surface area contributed by atoms with Crippen LogP contribution in [-0.4, -0.2) is 36.2 Å². The molecule has 0 fully saturated rings. The molecule has 0 unspecified atom stereocenters. The molecule has 0 saturated heterocycles. The summed E-state index contributed by atoms with van der Waals surface area (Å²) in [5.74, 6) is 1.51. The lowest BCUT2D eigenvalue weighted by Crippen LogP contribution is -2.34. The standard InChI is InChI=1S/C24H32N2O2/c1-5-9-12-21-19(7-3)13-14-23(28-18-6-2)25-24(21)26-16-10-11-20(15-17-26)22(27)8-4/h5,8,11,13H,1,4,6-7,9-10,12,15-18H2,2-3H3. The molecular formula is C24H32N2O2. The molecule has 4 heteroatoms. The largest absolute Gasteiger partial charge is 0.472 e. The van der Waals surface area contributed by atoms with E-state index in [-0.39, 0.29) is 5.78 Å². The molecule has 2 aliphatic heterocycles. The number of aliphatic imine (C=N–C) groups is 1. The van der Waals surface area contributed by atoms with E-state index in [1.165, 1.54) is 17.2 Å². The Morgan fingerprint density at radius 1 is 1.36 bits per heavy atom. The van der Waals surface area contributed by atoms with Gasteiger partial charge in [-0.15, -0.1) is 6.58 Å². The highest BCUT2D eigenvalue weighted by atomic mass is 16.5. The SMILES string of the molecule is C=CCCC1=C(CC)C=C=C(OCCC)N=C1N1CCC=C(C(=O)C=C)CC1. The number of ketones is 1. The second-order valence-corrected chi connectivity index (χ2v) is 6.89. The summed E-state index contributed by atoms with van der Waals surface area (Å²) in [7, 11) is 0. The number of hydrogen-bond acceptors (Lipinski definition) is 4. The third kappa shape index (κ3) is 5.71. The van der Waals surface area contributed by atoms with Crippen molar-refractivity contribution in [3.05, 3.63) is 65.8 Å². The maximum Gasteiger partial charge on any atom is 0.261 e. The molecule has 0 aromatic carbocycles. The van der Waals surface area contributed by atoms with E-state index in [2.05, 4.69) is 37.6 Å². The highest BCUT2D eigenvalue weighted by molar-refractivity contribution is 6.04. The van der Waals surface area contributed by atoms with E-state index in [1.807, 2.05) is 18.2 Å². The quantitative estimate of drug-likeness (QED) is 0.311. The molecule has 0 aliphatic carbocycles. The Labute approximate surface area is 169 Å². The Hall–Kier alpha value is -2.58. The van der Waals surface area contributed by atoms with Crippen molar-refractivity contribution in [2.45, 2.75) is 52.4 Å². The highest BCUT2D eigenvalue weighted by Gasteiger charge is 2.23. The lowest BCUT2D eigenvalue weighted by molar-refractivity contribution is -0.111. The van der Waals surface area contributed by atoms with Crippen molar-refractivity contribution in [1.82, 2.24) is 4.90 Å².